The first-order valence-electron chi connectivity index (χ1n) is 4.27. The Morgan fingerprint density at radius 3 is 2.59 bits per heavy atom. The molecule has 8 heteroatoms. The lowest BCUT2D eigenvalue weighted by Gasteiger charge is -2.12. The standard InChI is InChI=1S/C9H6F4N2O2/c10-4-5-3-7(16)6(1-2-14)15-8(5)17-9(11,12)13/h3,16H,1,4H2. The molecule has 4 nitrogen and oxygen atoms in total. The van der Waals surface area contributed by atoms with Crippen LogP contribution in [0.15, 0.2) is 6.07 Å². The Morgan fingerprint density at radius 2 is 2.12 bits per heavy atom. The van der Waals surface area contributed by atoms with Gasteiger partial charge in [0.15, 0.2) is 0 Å². The van der Waals surface area contributed by atoms with Gasteiger partial charge in [0.1, 0.15) is 18.1 Å². The van der Waals surface area contributed by atoms with Crippen LogP contribution in [0.1, 0.15) is 11.3 Å². The molecule has 1 rings (SSSR count). The molecule has 0 saturated carbocycles. The van der Waals surface area contributed by atoms with Crippen LogP contribution in [0.2, 0.25) is 0 Å². The molecule has 1 aromatic heterocycles. The number of ether oxygens (including phenoxy) is 1. The number of nitriles is 1. The minimum Gasteiger partial charge on any atom is -0.506 e. The third-order valence-corrected chi connectivity index (χ3v) is 1.72. The summed E-state index contributed by atoms with van der Waals surface area (Å²) in [6, 6.07) is 2.35. The van der Waals surface area contributed by atoms with Gasteiger partial charge in [-0.15, -0.1) is 13.2 Å². The molecular formula is C9H6F4N2O2. The number of nitrogens with zero attached hydrogens (tertiary/aromatic N) is 2. The molecule has 0 atom stereocenters. The van der Waals surface area contributed by atoms with Crippen LogP contribution in [0.25, 0.3) is 0 Å². The molecule has 0 fully saturated rings. The Morgan fingerprint density at radius 1 is 1.47 bits per heavy atom. The third-order valence-electron chi connectivity index (χ3n) is 1.72. The molecule has 0 aromatic carbocycles. The van der Waals surface area contributed by atoms with Crippen LogP contribution in [0, 0.1) is 11.3 Å². The highest BCUT2D eigenvalue weighted by molar-refractivity contribution is 5.38. The maximum atomic E-state index is 12.4. The Labute approximate surface area is 93.1 Å². The normalized spacial score (nSPS) is 11.0. The first-order valence-corrected chi connectivity index (χ1v) is 4.27. The van der Waals surface area contributed by atoms with Crippen LogP contribution in [0.3, 0.4) is 0 Å². The molecule has 0 aliphatic heterocycles. The zero-order valence-corrected chi connectivity index (χ0v) is 8.25. The quantitative estimate of drug-likeness (QED) is 0.835. The zero-order valence-electron chi connectivity index (χ0n) is 8.25. The molecule has 17 heavy (non-hydrogen) atoms. The van der Waals surface area contributed by atoms with E-state index in [9.17, 15) is 22.7 Å². The monoisotopic (exact) mass is 250 g/mol. The number of hydrogen-bond donors (Lipinski definition) is 1. The van der Waals surface area contributed by atoms with Gasteiger partial charge in [-0.3, -0.25) is 0 Å². The third kappa shape index (κ3) is 3.48. The highest BCUT2D eigenvalue weighted by Crippen LogP contribution is 2.29. The molecule has 0 amide bonds. The summed E-state index contributed by atoms with van der Waals surface area (Å²) in [6.45, 7) is -1.28. The van der Waals surface area contributed by atoms with Crippen LogP contribution in [0.4, 0.5) is 17.6 Å². The smallest absolute Gasteiger partial charge is 0.506 e. The summed E-state index contributed by atoms with van der Waals surface area (Å²) >= 11 is 0. The second-order valence-corrected chi connectivity index (χ2v) is 2.93. The second-order valence-electron chi connectivity index (χ2n) is 2.93. The summed E-state index contributed by atoms with van der Waals surface area (Å²) in [5.41, 5.74) is -0.842. The molecule has 0 radical (unpaired) electrons. The van der Waals surface area contributed by atoms with Gasteiger partial charge in [0.05, 0.1) is 12.5 Å². The van der Waals surface area contributed by atoms with E-state index < -0.39 is 36.7 Å². The highest BCUT2D eigenvalue weighted by atomic mass is 19.4. The Kier molecular flexibility index (Phi) is 3.73. The number of hydrogen-bond acceptors (Lipinski definition) is 4. The predicted molar refractivity (Wildman–Crippen MR) is 46.7 cm³/mol. The summed E-state index contributed by atoms with van der Waals surface area (Å²) in [4.78, 5) is 3.26. The van der Waals surface area contributed by atoms with Crippen molar-refractivity contribution in [2.75, 3.05) is 0 Å². The van der Waals surface area contributed by atoms with Gasteiger partial charge in [-0.05, 0) is 6.07 Å². The lowest BCUT2D eigenvalue weighted by Crippen LogP contribution is -2.19. The van der Waals surface area contributed by atoms with Crippen molar-refractivity contribution < 1.29 is 27.4 Å². The second kappa shape index (κ2) is 4.86. The van der Waals surface area contributed by atoms with E-state index in [0.717, 1.165) is 6.07 Å². The SMILES string of the molecule is N#CCc1nc(OC(F)(F)F)c(CF)cc1O. The number of aromatic hydroxyl groups is 1. The van der Waals surface area contributed by atoms with Crippen molar-refractivity contribution in [3.63, 3.8) is 0 Å². The predicted octanol–water partition coefficient (Wildman–Crippen LogP) is 2.22. The summed E-state index contributed by atoms with van der Waals surface area (Å²) in [6.07, 6.45) is -5.43. The summed E-state index contributed by atoms with van der Waals surface area (Å²) < 4.78 is 51.8. The molecule has 0 spiro atoms. The van der Waals surface area contributed by atoms with Gasteiger partial charge in [-0.1, -0.05) is 0 Å². The van der Waals surface area contributed by atoms with Crippen LogP contribution >= 0.6 is 0 Å². The molecule has 0 unspecified atom stereocenters. The molecule has 1 N–H and O–H groups in total. The van der Waals surface area contributed by atoms with Crippen molar-refractivity contribution in [3.8, 4) is 17.7 Å². The average Bonchev–Trinajstić information content (AvgIpc) is 2.20. The first-order chi connectivity index (χ1) is 7.87. The highest BCUT2D eigenvalue weighted by Gasteiger charge is 2.33. The maximum absolute atomic E-state index is 12.4. The lowest BCUT2D eigenvalue weighted by atomic mass is 10.2. The molecule has 0 aliphatic carbocycles. The fourth-order valence-corrected chi connectivity index (χ4v) is 1.06. The van der Waals surface area contributed by atoms with Crippen molar-refractivity contribution in [2.45, 2.75) is 19.5 Å². The Bertz CT molecular complexity index is 454. The average molecular weight is 250 g/mol. The van der Waals surface area contributed by atoms with E-state index >= 15 is 0 Å². The maximum Gasteiger partial charge on any atom is 0.574 e. The largest absolute Gasteiger partial charge is 0.574 e. The van der Waals surface area contributed by atoms with Gasteiger partial charge >= 0.3 is 6.36 Å². The summed E-state index contributed by atoms with van der Waals surface area (Å²) in [5.74, 6) is -1.54. The summed E-state index contributed by atoms with van der Waals surface area (Å²) in [5, 5.41) is 17.6. The van der Waals surface area contributed by atoms with Crippen molar-refractivity contribution >= 4 is 0 Å². The van der Waals surface area contributed by atoms with E-state index in [1.807, 2.05) is 0 Å². The molecule has 1 aromatic rings. The molecule has 1 heterocycles. The van der Waals surface area contributed by atoms with Gasteiger partial charge in [-0.2, -0.15) is 5.26 Å². The first kappa shape index (κ1) is 13.0. The number of rotatable bonds is 3. The molecule has 0 bridgehead atoms. The van der Waals surface area contributed by atoms with Crippen molar-refractivity contribution in [1.29, 1.82) is 5.26 Å². The van der Waals surface area contributed by atoms with E-state index in [4.69, 9.17) is 5.26 Å². The topological polar surface area (TPSA) is 66.1 Å². The van der Waals surface area contributed by atoms with E-state index in [1.165, 1.54) is 0 Å². The Balaban J connectivity index is 3.18. The minimum atomic E-state index is -5.02. The van der Waals surface area contributed by atoms with Gasteiger partial charge in [0.2, 0.25) is 5.88 Å². The van der Waals surface area contributed by atoms with Gasteiger partial charge in [0.25, 0.3) is 0 Å². The van der Waals surface area contributed by atoms with Crippen molar-refractivity contribution in [2.24, 2.45) is 0 Å². The van der Waals surface area contributed by atoms with Crippen LogP contribution < -0.4 is 4.74 Å². The fraction of sp³-hybridized carbons (Fsp3) is 0.333. The van der Waals surface area contributed by atoms with Crippen molar-refractivity contribution in [1.82, 2.24) is 4.98 Å². The summed E-state index contributed by atoms with van der Waals surface area (Å²) in [7, 11) is 0. The number of alkyl halides is 4. The van der Waals surface area contributed by atoms with Gasteiger partial charge in [0, 0.05) is 5.56 Å². The van der Waals surface area contributed by atoms with Crippen molar-refractivity contribution in [3.05, 3.63) is 17.3 Å². The van der Waals surface area contributed by atoms with E-state index in [-0.39, 0.29) is 5.69 Å². The van der Waals surface area contributed by atoms with E-state index in [0.29, 0.717) is 0 Å². The minimum absolute atomic E-state index is 0.302. The van der Waals surface area contributed by atoms with Crippen LogP contribution in [-0.4, -0.2) is 16.5 Å². The van der Waals surface area contributed by atoms with E-state index in [2.05, 4.69) is 9.72 Å². The fourth-order valence-electron chi connectivity index (χ4n) is 1.06. The van der Waals surface area contributed by atoms with Gasteiger partial charge in [-0.25, -0.2) is 9.37 Å². The number of aromatic nitrogens is 1. The number of pyridine rings is 1. The van der Waals surface area contributed by atoms with Crippen LogP contribution in [0.5, 0.6) is 11.6 Å². The van der Waals surface area contributed by atoms with Crippen LogP contribution in [-0.2, 0) is 13.1 Å². The van der Waals surface area contributed by atoms with E-state index in [1.54, 1.807) is 6.07 Å². The number of halogens is 4. The molecule has 0 saturated heterocycles. The molecule has 92 valence electrons. The molecule has 0 aliphatic rings. The Hall–Kier alpha value is -2.04. The zero-order chi connectivity index (χ0) is 13.1. The molecular weight excluding hydrogens is 244 g/mol. The van der Waals surface area contributed by atoms with Gasteiger partial charge < -0.3 is 9.84 Å². The lowest BCUT2D eigenvalue weighted by molar-refractivity contribution is -0.276.